The van der Waals surface area contributed by atoms with Crippen molar-refractivity contribution < 1.29 is 9.53 Å². The standard InChI is InChI=1S/C16H15N5O2/c17-12-4-6-23-14-7-9(1-2-10(12)14)16(22)20-13-3-5-18-15-11(13)8-19-21-15/h1-3,5,7-8,12H,4,6,17H2,(H2,18,19,20,21,22)/t12-/m0/s1. The Hall–Kier alpha value is -2.93. The van der Waals surface area contributed by atoms with E-state index in [0.29, 0.717) is 29.3 Å². The minimum Gasteiger partial charge on any atom is -0.493 e. The molecular formula is C16H15N5O2. The monoisotopic (exact) mass is 309 g/mol. The number of fused-ring (bicyclic) bond motifs is 2. The van der Waals surface area contributed by atoms with Crippen molar-refractivity contribution in [1.29, 1.82) is 0 Å². The maximum atomic E-state index is 12.5. The van der Waals surface area contributed by atoms with Gasteiger partial charge in [0.2, 0.25) is 0 Å². The van der Waals surface area contributed by atoms with E-state index in [9.17, 15) is 4.79 Å². The summed E-state index contributed by atoms with van der Waals surface area (Å²) in [5.41, 5.74) is 8.79. The molecule has 4 N–H and O–H groups in total. The Morgan fingerprint density at radius 2 is 2.30 bits per heavy atom. The highest BCUT2D eigenvalue weighted by atomic mass is 16.5. The number of nitrogens with zero attached hydrogens (tertiary/aromatic N) is 2. The highest BCUT2D eigenvalue weighted by molar-refractivity contribution is 6.08. The Bertz CT molecular complexity index is 889. The first-order valence-corrected chi connectivity index (χ1v) is 7.34. The van der Waals surface area contributed by atoms with Crippen molar-refractivity contribution in [1.82, 2.24) is 15.2 Å². The van der Waals surface area contributed by atoms with Crippen molar-refractivity contribution in [3.8, 4) is 5.75 Å². The summed E-state index contributed by atoms with van der Waals surface area (Å²) in [7, 11) is 0. The Kier molecular flexibility index (Phi) is 3.20. The second kappa shape index (κ2) is 5.36. The van der Waals surface area contributed by atoms with Gasteiger partial charge in [-0.25, -0.2) is 4.98 Å². The average molecular weight is 309 g/mol. The first-order valence-electron chi connectivity index (χ1n) is 7.34. The van der Waals surface area contributed by atoms with Crippen molar-refractivity contribution in [2.75, 3.05) is 11.9 Å². The molecule has 1 aromatic carbocycles. The van der Waals surface area contributed by atoms with Gasteiger partial charge >= 0.3 is 0 Å². The van der Waals surface area contributed by atoms with E-state index in [1.54, 1.807) is 30.6 Å². The summed E-state index contributed by atoms with van der Waals surface area (Å²) in [6, 6.07) is 7.05. The highest BCUT2D eigenvalue weighted by Crippen LogP contribution is 2.31. The minimum absolute atomic E-state index is 0.0402. The molecular weight excluding hydrogens is 294 g/mol. The molecule has 2 aromatic heterocycles. The Balaban J connectivity index is 1.63. The van der Waals surface area contributed by atoms with E-state index >= 15 is 0 Å². The largest absolute Gasteiger partial charge is 0.493 e. The molecule has 3 heterocycles. The molecule has 116 valence electrons. The van der Waals surface area contributed by atoms with Crippen LogP contribution in [0.2, 0.25) is 0 Å². The number of H-pyrrole nitrogens is 1. The van der Waals surface area contributed by atoms with Gasteiger partial charge in [-0.3, -0.25) is 9.89 Å². The van der Waals surface area contributed by atoms with Crippen LogP contribution < -0.4 is 15.8 Å². The van der Waals surface area contributed by atoms with Gasteiger partial charge in [0, 0.05) is 29.8 Å². The van der Waals surface area contributed by atoms with Crippen LogP contribution in [0.5, 0.6) is 5.75 Å². The van der Waals surface area contributed by atoms with Crippen LogP contribution in [0.25, 0.3) is 11.0 Å². The third-order valence-electron chi connectivity index (χ3n) is 3.96. The third-order valence-corrected chi connectivity index (χ3v) is 3.96. The van der Waals surface area contributed by atoms with Crippen LogP contribution in [0.3, 0.4) is 0 Å². The quantitative estimate of drug-likeness (QED) is 0.671. The Morgan fingerprint density at radius 1 is 1.39 bits per heavy atom. The molecule has 0 radical (unpaired) electrons. The summed E-state index contributed by atoms with van der Waals surface area (Å²) in [6.07, 6.45) is 4.03. The number of nitrogens with one attached hydrogen (secondary N) is 2. The van der Waals surface area contributed by atoms with E-state index in [4.69, 9.17) is 10.5 Å². The molecule has 23 heavy (non-hydrogen) atoms. The number of ether oxygens (including phenoxy) is 1. The topological polar surface area (TPSA) is 106 Å². The zero-order valence-corrected chi connectivity index (χ0v) is 12.2. The van der Waals surface area contributed by atoms with Gasteiger partial charge in [0.05, 0.1) is 23.9 Å². The minimum atomic E-state index is -0.218. The van der Waals surface area contributed by atoms with Gasteiger partial charge in [-0.15, -0.1) is 0 Å². The Morgan fingerprint density at radius 3 is 3.22 bits per heavy atom. The van der Waals surface area contributed by atoms with Gasteiger partial charge in [-0.1, -0.05) is 6.07 Å². The summed E-state index contributed by atoms with van der Waals surface area (Å²) in [6.45, 7) is 0.569. The zero-order valence-electron chi connectivity index (χ0n) is 12.2. The van der Waals surface area contributed by atoms with E-state index in [1.807, 2.05) is 6.07 Å². The summed E-state index contributed by atoms with van der Waals surface area (Å²) in [4.78, 5) is 16.6. The van der Waals surface area contributed by atoms with Crippen LogP contribution in [0, 0.1) is 0 Å². The molecule has 0 saturated heterocycles. The normalized spacial score (nSPS) is 16.7. The molecule has 1 aliphatic rings. The van der Waals surface area contributed by atoms with Crippen molar-refractivity contribution in [3.05, 3.63) is 47.8 Å². The maximum Gasteiger partial charge on any atom is 0.255 e. The lowest BCUT2D eigenvalue weighted by molar-refractivity contribution is 0.102. The SMILES string of the molecule is N[C@H]1CCOc2cc(C(=O)Nc3ccnc4[nH]ncc34)ccc21. The van der Waals surface area contributed by atoms with Crippen molar-refractivity contribution in [3.63, 3.8) is 0 Å². The fourth-order valence-electron chi connectivity index (χ4n) is 2.71. The fourth-order valence-corrected chi connectivity index (χ4v) is 2.71. The number of anilines is 1. The van der Waals surface area contributed by atoms with Gasteiger partial charge in [0.1, 0.15) is 5.75 Å². The van der Waals surface area contributed by atoms with E-state index in [0.717, 1.165) is 17.4 Å². The van der Waals surface area contributed by atoms with Gasteiger partial charge in [0.15, 0.2) is 5.65 Å². The predicted octanol–water partition coefficient (Wildman–Crippen LogP) is 1.99. The van der Waals surface area contributed by atoms with E-state index in [2.05, 4.69) is 20.5 Å². The molecule has 0 aliphatic carbocycles. The second-order valence-corrected chi connectivity index (χ2v) is 5.44. The summed E-state index contributed by atoms with van der Waals surface area (Å²) < 4.78 is 5.61. The van der Waals surface area contributed by atoms with Crippen LogP contribution in [-0.4, -0.2) is 27.7 Å². The lowest BCUT2D eigenvalue weighted by Gasteiger charge is -2.23. The number of aromatic amines is 1. The third kappa shape index (κ3) is 2.40. The van der Waals surface area contributed by atoms with Crippen molar-refractivity contribution in [2.24, 2.45) is 5.73 Å². The molecule has 7 heteroatoms. The lowest BCUT2D eigenvalue weighted by Crippen LogP contribution is -2.21. The molecule has 1 amide bonds. The predicted molar refractivity (Wildman–Crippen MR) is 85.3 cm³/mol. The van der Waals surface area contributed by atoms with Gasteiger partial charge in [0.25, 0.3) is 5.91 Å². The molecule has 0 spiro atoms. The van der Waals surface area contributed by atoms with E-state index in [1.165, 1.54) is 0 Å². The van der Waals surface area contributed by atoms with Crippen LogP contribution in [-0.2, 0) is 0 Å². The summed E-state index contributed by atoms with van der Waals surface area (Å²) >= 11 is 0. The number of benzene rings is 1. The molecule has 0 unspecified atom stereocenters. The fraction of sp³-hybridized carbons (Fsp3) is 0.188. The lowest BCUT2D eigenvalue weighted by atomic mass is 9.99. The first kappa shape index (κ1) is 13.7. The molecule has 3 aromatic rings. The first-order chi connectivity index (χ1) is 11.2. The van der Waals surface area contributed by atoms with E-state index < -0.39 is 0 Å². The molecule has 7 nitrogen and oxygen atoms in total. The zero-order chi connectivity index (χ0) is 15.8. The molecule has 0 bridgehead atoms. The number of hydrogen-bond donors (Lipinski definition) is 3. The number of rotatable bonds is 2. The number of hydrogen-bond acceptors (Lipinski definition) is 5. The molecule has 1 atom stereocenters. The molecule has 1 aliphatic heterocycles. The Labute approximate surface area is 131 Å². The molecule has 0 fully saturated rings. The molecule has 4 rings (SSSR count). The van der Waals surface area contributed by atoms with Crippen LogP contribution >= 0.6 is 0 Å². The average Bonchev–Trinajstić information content (AvgIpc) is 3.04. The van der Waals surface area contributed by atoms with Gasteiger partial charge in [-0.2, -0.15) is 5.10 Å². The number of amides is 1. The van der Waals surface area contributed by atoms with Crippen molar-refractivity contribution in [2.45, 2.75) is 12.5 Å². The van der Waals surface area contributed by atoms with Gasteiger partial charge < -0.3 is 15.8 Å². The molecule has 0 saturated carbocycles. The number of carbonyl (C=O) groups is 1. The number of aromatic nitrogens is 3. The van der Waals surface area contributed by atoms with Crippen LogP contribution in [0.15, 0.2) is 36.7 Å². The number of pyridine rings is 1. The van der Waals surface area contributed by atoms with E-state index in [-0.39, 0.29) is 11.9 Å². The van der Waals surface area contributed by atoms with Crippen molar-refractivity contribution >= 4 is 22.6 Å². The maximum absolute atomic E-state index is 12.5. The smallest absolute Gasteiger partial charge is 0.255 e. The van der Waals surface area contributed by atoms with Crippen LogP contribution in [0.4, 0.5) is 5.69 Å². The second-order valence-electron chi connectivity index (χ2n) is 5.44. The highest BCUT2D eigenvalue weighted by Gasteiger charge is 2.20. The van der Waals surface area contributed by atoms with Gasteiger partial charge in [-0.05, 0) is 18.2 Å². The summed E-state index contributed by atoms with van der Waals surface area (Å²) in [5.74, 6) is 0.462. The summed E-state index contributed by atoms with van der Waals surface area (Å²) in [5, 5.41) is 10.3. The number of carbonyl (C=O) groups excluding carboxylic acids is 1. The number of nitrogens with two attached hydrogens (primary N) is 1. The van der Waals surface area contributed by atoms with Crippen LogP contribution in [0.1, 0.15) is 28.4 Å².